The molecule has 4 aromatic rings. The summed E-state index contributed by atoms with van der Waals surface area (Å²) in [6.07, 6.45) is 7.44. The van der Waals surface area contributed by atoms with Gasteiger partial charge >= 0.3 is 0 Å². The molecule has 1 aromatic carbocycles. The van der Waals surface area contributed by atoms with Crippen LogP contribution in [0.3, 0.4) is 0 Å². The maximum Gasteiger partial charge on any atom is 0.274 e. The van der Waals surface area contributed by atoms with Gasteiger partial charge in [0.05, 0.1) is 30.9 Å². The molecule has 0 unspecified atom stereocenters. The molecule has 1 amide bonds. The molecule has 0 saturated carbocycles. The molecular weight excluding hydrogens is 503 g/mol. The summed E-state index contributed by atoms with van der Waals surface area (Å²) in [6.45, 7) is 1.32. The fraction of sp³-hybridized carbons (Fsp3) is 0.304. The summed E-state index contributed by atoms with van der Waals surface area (Å²) < 4.78 is 51.5. The third kappa shape index (κ3) is 4.43. The molecule has 1 aliphatic heterocycles. The van der Waals surface area contributed by atoms with Crippen molar-refractivity contribution in [3.63, 3.8) is 0 Å². The van der Waals surface area contributed by atoms with Crippen molar-refractivity contribution < 1.29 is 22.3 Å². The van der Waals surface area contributed by atoms with E-state index >= 15 is 4.39 Å². The van der Waals surface area contributed by atoms with E-state index < -0.39 is 15.8 Å². The molecule has 14 heteroatoms. The Morgan fingerprint density at radius 2 is 1.92 bits per heavy atom. The van der Waals surface area contributed by atoms with Gasteiger partial charge in [0.25, 0.3) is 15.9 Å². The molecule has 1 fully saturated rings. The monoisotopic (exact) mass is 528 g/mol. The van der Waals surface area contributed by atoms with Crippen LogP contribution in [0.1, 0.15) is 23.3 Å². The molecule has 4 heterocycles. The number of fused-ring (bicyclic) bond motifs is 1. The molecule has 5 rings (SSSR count). The van der Waals surface area contributed by atoms with E-state index in [2.05, 4.69) is 25.1 Å². The van der Waals surface area contributed by atoms with Gasteiger partial charge in [0.15, 0.2) is 23.0 Å². The van der Waals surface area contributed by atoms with Crippen molar-refractivity contribution in [3.05, 3.63) is 48.4 Å². The van der Waals surface area contributed by atoms with E-state index in [-0.39, 0.29) is 27.9 Å². The molecule has 0 atom stereocenters. The second-order valence-electron chi connectivity index (χ2n) is 8.56. The molecule has 0 bridgehead atoms. The van der Waals surface area contributed by atoms with Crippen LogP contribution in [0.5, 0.6) is 5.75 Å². The highest BCUT2D eigenvalue weighted by Crippen LogP contribution is 2.36. The number of methoxy groups -OCH3 is 1. The lowest BCUT2D eigenvalue weighted by Gasteiger charge is -2.16. The van der Waals surface area contributed by atoms with Crippen LogP contribution >= 0.6 is 0 Å². The number of halogens is 1. The Morgan fingerprint density at radius 3 is 2.57 bits per heavy atom. The number of carbonyl (C=O) groups is 1. The van der Waals surface area contributed by atoms with Gasteiger partial charge in [-0.15, -0.1) is 0 Å². The van der Waals surface area contributed by atoms with Crippen LogP contribution < -0.4 is 14.8 Å². The van der Waals surface area contributed by atoms with Crippen LogP contribution in [-0.2, 0) is 17.1 Å². The second-order valence-corrected chi connectivity index (χ2v) is 10.2. The number of aromatic nitrogens is 5. The lowest BCUT2D eigenvalue weighted by atomic mass is 10.1. The van der Waals surface area contributed by atoms with E-state index in [4.69, 9.17) is 4.74 Å². The van der Waals surface area contributed by atoms with Gasteiger partial charge < -0.3 is 15.0 Å². The van der Waals surface area contributed by atoms with E-state index in [1.807, 2.05) is 0 Å². The van der Waals surface area contributed by atoms with Gasteiger partial charge in [0.2, 0.25) is 0 Å². The van der Waals surface area contributed by atoms with Gasteiger partial charge in [-0.2, -0.15) is 5.10 Å². The van der Waals surface area contributed by atoms with E-state index in [0.29, 0.717) is 35.8 Å². The maximum atomic E-state index is 15.2. The minimum Gasteiger partial charge on any atom is -0.492 e. The number of carbonyl (C=O) groups excluding carboxylic acids is 1. The third-order valence-electron chi connectivity index (χ3n) is 6.12. The second kappa shape index (κ2) is 9.35. The first-order valence-electron chi connectivity index (χ1n) is 11.5. The number of nitrogens with one attached hydrogen (secondary N) is 2. The minimum atomic E-state index is -4.08. The predicted octanol–water partition coefficient (Wildman–Crippen LogP) is 2.36. The van der Waals surface area contributed by atoms with Crippen LogP contribution in [0.4, 0.5) is 15.9 Å². The average Bonchev–Trinajstić information content (AvgIpc) is 3.63. The highest BCUT2D eigenvalue weighted by Gasteiger charge is 2.25. The Kier molecular flexibility index (Phi) is 6.19. The molecule has 1 saturated heterocycles. The first kappa shape index (κ1) is 24.5. The van der Waals surface area contributed by atoms with Crippen molar-refractivity contribution in [3.8, 4) is 17.0 Å². The molecule has 0 aliphatic carbocycles. The van der Waals surface area contributed by atoms with Crippen molar-refractivity contribution in [2.45, 2.75) is 17.7 Å². The topological polar surface area (TPSA) is 136 Å². The average molecular weight is 529 g/mol. The Bertz CT molecular complexity index is 1610. The number of hydrogen-bond acceptors (Lipinski definition) is 8. The van der Waals surface area contributed by atoms with Crippen molar-refractivity contribution in [1.29, 1.82) is 0 Å². The van der Waals surface area contributed by atoms with Crippen molar-refractivity contribution in [2.75, 3.05) is 37.3 Å². The Balaban J connectivity index is 1.62. The minimum absolute atomic E-state index is 0.0903. The molecule has 37 heavy (non-hydrogen) atoms. The highest BCUT2D eigenvalue weighted by molar-refractivity contribution is 7.92. The summed E-state index contributed by atoms with van der Waals surface area (Å²) in [4.78, 5) is 23.5. The van der Waals surface area contributed by atoms with Crippen molar-refractivity contribution >= 4 is 33.1 Å². The lowest BCUT2D eigenvalue weighted by molar-refractivity contribution is 0.0786. The SMILES string of the molecule is CNc1nc(C(=O)N2CCCC2)cn2c(-c3cc(F)c(OC)c(NS(=O)(=O)c4cnn(C)c4)c3)cnc12. The summed E-state index contributed by atoms with van der Waals surface area (Å²) in [5.74, 6) is -0.883. The molecular formula is C23H25FN8O4S. The number of likely N-dealkylation sites (tertiary alicyclic amines) is 1. The van der Waals surface area contributed by atoms with Crippen LogP contribution in [0.2, 0.25) is 0 Å². The molecule has 0 radical (unpaired) electrons. The zero-order valence-corrected chi connectivity index (χ0v) is 21.2. The maximum absolute atomic E-state index is 15.2. The molecule has 1 aliphatic rings. The van der Waals surface area contributed by atoms with Crippen LogP contribution in [-0.4, -0.2) is 70.6 Å². The Labute approximate surface area is 212 Å². The number of hydrogen-bond donors (Lipinski definition) is 2. The smallest absolute Gasteiger partial charge is 0.274 e. The van der Waals surface area contributed by atoms with Crippen LogP contribution in [0.25, 0.3) is 16.9 Å². The number of sulfonamides is 1. The molecule has 194 valence electrons. The van der Waals surface area contributed by atoms with Crippen LogP contribution in [0, 0.1) is 5.82 Å². The molecule has 3 aromatic heterocycles. The highest BCUT2D eigenvalue weighted by atomic mass is 32.2. The Morgan fingerprint density at radius 1 is 1.16 bits per heavy atom. The number of aryl methyl sites for hydroxylation is 1. The van der Waals surface area contributed by atoms with E-state index in [0.717, 1.165) is 12.8 Å². The zero-order valence-electron chi connectivity index (χ0n) is 20.4. The number of imidazole rings is 1. The first-order valence-corrected chi connectivity index (χ1v) is 12.9. The summed E-state index contributed by atoms with van der Waals surface area (Å²) >= 11 is 0. The van der Waals surface area contributed by atoms with Gasteiger partial charge in [-0.3, -0.25) is 18.6 Å². The summed E-state index contributed by atoms with van der Waals surface area (Å²) in [5, 5.41) is 6.84. The Hall–Kier alpha value is -4.20. The molecule has 2 N–H and O–H groups in total. The quantitative estimate of drug-likeness (QED) is 0.373. The van der Waals surface area contributed by atoms with E-state index in [1.165, 1.54) is 42.5 Å². The number of amides is 1. The van der Waals surface area contributed by atoms with E-state index in [9.17, 15) is 13.2 Å². The van der Waals surface area contributed by atoms with Crippen molar-refractivity contribution in [1.82, 2.24) is 29.0 Å². The third-order valence-corrected chi connectivity index (χ3v) is 7.44. The summed E-state index contributed by atoms with van der Waals surface area (Å²) in [5.41, 5.74) is 1.26. The standard InChI is InChI=1S/C23H25FN8O4S/c1-25-21-22-26-11-19(32(22)13-18(28-21)23(33)31-6-4-5-7-31)14-8-16(24)20(36-3)17(9-14)29-37(34,35)15-10-27-30(2)12-15/h8-13,29H,4-7H2,1-3H3,(H,25,28). The normalized spacial score (nSPS) is 13.8. The van der Waals surface area contributed by atoms with Gasteiger partial charge in [0.1, 0.15) is 10.6 Å². The fourth-order valence-electron chi connectivity index (χ4n) is 4.32. The number of rotatable bonds is 7. The number of anilines is 2. The van der Waals surface area contributed by atoms with Gasteiger partial charge in [-0.25, -0.2) is 22.8 Å². The zero-order chi connectivity index (χ0) is 26.3. The molecule has 12 nitrogen and oxygen atoms in total. The summed E-state index contributed by atoms with van der Waals surface area (Å²) in [6, 6.07) is 2.66. The predicted molar refractivity (Wildman–Crippen MR) is 134 cm³/mol. The number of ether oxygens (including phenoxy) is 1. The number of benzene rings is 1. The van der Waals surface area contributed by atoms with Gasteiger partial charge in [0, 0.05) is 45.1 Å². The fourth-order valence-corrected chi connectivity index (χ4v) is 5.36. The van der Waals surface area contributed by atoms with E-state index in [1.54, 1.807) is 29.6 Å². The van der Waals surface area contributed by atoms with Gasteiger partial charge in [-0.1, -0.05) is 0 Å². The van der Waals surface area contributed by atoms with Crippen LogP contribution in [0.15, 0.2) is 41.8 Å². The lowest BCUT2D eigenvalue weighted by Crippen LogP contribution is -2.29. The molecule has 0 spiro atoms. The largest absolute Gasteiger partial charge is 0.492 e. The van der Waals surface area contributed by atoms with Crippen molar-refractivity contribution in [2.24, 2.45) is 7.05 Å². The summed E-state index contributed by atoms with van der Waals surface area (Å²) in [7, 11) is 0.415. The van der Waals surface area contributed by atoms with Gasteiger partial charge in [-0.05, 0) is 25.0 Å². The first-order chi connectivity index (χ1) is 17.7. The number of nitrogens with zero attached hydrogens (tertiary/aromatic N) is 6.